The van der Waals surface area contributed by atoms with Crippen LogP contribution in [0.15, 0.2) is 47.4 Å². The maximum Gasteiger partial charge on any atom is 0.297 e. The minimum Gasteiger partial charge on any atom is -0.330 e. The van der Waals surface area contributed by atoms with E-state index in [0.29, 0.717) is 19.5 Å². The van der Waals surface area contributed by atoms with E-state index in [2.05, 4.69) is 4.98 Å². The second-order valence-electron chi connectivity index (χ2n) is 6.30. The van der Waals surface area contributed by atoms with Crippen molar-refractivity contribution in [3.05, 3.63) is 53.9 Å². The summed E-state index contributed by atoms with van der Waals surface area (Å²) >= 11 is 0. The molecule has 136 valence electrons. The molecule has 0 fully saturated rings. The summed E-state index contributed by atoms with van der Waals surface area (Å²) in [5, 5.41) is 0. The molecule has 0 amide bonds. The van der Waals surface area contributed by atoms with Gasteiger partial charge in [-0.3, -0.25) is 4.18 Å². The lowest BCUT2D eigenvalue weighted by atomic mass is 9.96. The van der Waals surface area contributed by atoms with E-state index in [4.69, 9.17) is 9.92 Å². The maximum atomic E-state index is 12.3. The number of aryl methyl sites for hydroxylation is 1. The van der Waals surface area contributed by atoms with Crippen molar-refractivity contribution >= 4 is 34.5 Å². The van der Waals surface area contributed by atoms with E-state index < -0.39 is 10.1 Å². The minimum atomic E-state index is -3.77. The second-order valence-corrected chi connectivity index (χ2v) is 7.92. The van der Waals surface area contributed by atoms with E-state index >= 15 is 0 Å². The van der Waals surface area contributed by atoms with Crippen molar-refractivity contribution in [1.29, 1.82) is 0 Å². The lowest BCUT2D eigenvalue weighted by Gasteiger charge is -2.10. The smallest absolute Gasteiger partial charge is 0.297 e. The van der Waals surface area contributed by atoms with E-state index in [9.17, 15) is 8.42 Å². The van der Waals surface area contributed by atoms with Gasteiger partial charge in [0.05, 0.1) is 22.5 Å². The second kappa shape index (κ2) is 7.61. The van der Waals surface area contributed by atoms with Gasteiger partial charge in [-0.15, -0.1) is 0 Å². The third-order valence-electron chi connectivity index (χ3n) is 4.21. The average Bonchev–Trinajstić information content (AvgIpc) is 2.92. The van der Waals surface area contributed by atoms with Crippen LogP contribution in [-0.4, -0.2) is 39.0 Å². The summed E-state index contributed by atoms with van der Waals surface area (Å²) in [7, 11) is -1.76. The van der Waals surface area contributed by atoms with Crippen LogP contribution < -0.4 is 11.2 Å². The normalized spacial score (nSPS) is 11.9. The Morgan fingerprint density at radius 3 is 2.62 bits per heavy atom. The van der Waals surface area contributed by atoms with Gasteiger partial charge in [-0.05, 0) is 37.7 Å². The summed E-state index contributed by atoms with van der Waals surface area (Å²) in [5.74, 6) is 0.837. The van der Waals surface area contributed by atoms with Gasteiger partial charge in [-0.2, -0.15) is 8.42 Å². The lowest BCUT2D eigenvalue weighted by molar-refractivity contribution is 0.300. The quantitative estimate of drug-likeness (QED) is 0.483. The van der Waals surface area contributed by atoms with Crippen molar-refractivity contribution in [2.24, 2.45) is 5.73 Å². The molecule has 1 aromatic heterocycles. The van der Waals surface area contributed by atoms with Crippen LogP contribution in [0, 0.1) is 6.92 Å². The molecular formula is C18H22BN3O3S. The van der Waals surface area contributed by atoms with Gasteiger partial charge in [0.15, 0.2) is 0 Å². The molecule has 0 saturated carbocycles. The molecule has 0 unspecified atom stereocenters. The summed E-state index contributed by atoms with van der Waals surface area (Å²) in [4.78, 5) is 4.79. The average molecular weight is 371 g/mol. The SMILES string of the molecule is Bc1ccc2c(c1)nc(CCN)n2CCOS(=O)(=O)c1ccc(C)cc1. The highest BCUT2D eigenvalue weighted by Crippen LogP contribution is 2.17. The molecule has 2 aromatic carbocycles. The number of rotatable bonds is 7. The number of fused-ring (bicyclic) bond motifs is 1. The van der Waals surface area contributed by atoms with Crippen LogP contribution in [0.5, 0.6) is 0 Å². The van der Waals surface area contributed by atoms with Crippen LogP contribution in [0.2, 0.25) is 0 Å². The Morgan fingerprint density at radius 2 is 1.92 bits per heavy atom. The fraction of sp³-hybridized carbons (Fsp3) is 0.278. The van der Waals surface area contributed by atoms with Crippen LogP contribution in [0.25, 0.3) is 11.0 Å². The van der Waals surface area contributed by atoms with Gasteiger partial charge < -0.3 is 10.3 Å². The number of hydrogen-bond acceptors (Lipinski definition) is 5. The monoisotopic (exact) mass is 371 g/mol. The van der Waals surface area contributed by atoms with Crippen molar-refractivity contribution in [2.75, 3.05) is 13.2 Å². The van der Waals surface area contributed by atoms with Crippen molar-refractivity contribution in [3.8, 4) is 0 Å². The van der Waals surface area contributed by atoms with E-state index in [0.717, 1.165) is 27.9 Å². The van der Waals surface area contributed by atoms with Crippen molar-refractivity contribution < 1.29 is 12.6 Å². The summed E-state index contributed by atoms with van der Waals surface area (Å²) in [6.07, 6.45) is 0.623. The van der Waals surface area contributed by atoms with Crippen molar-refractivity contribution in [2.45, 2.75) is 24.8 Å². The number of nitrogens with two attached hydrogens (primary N) is 1. The topological polar surface area (TPSA) is 87.2 Å². The molecule has 0 aliphatic carbocycles. The first kappa shape index (κ1) is 18.6. The third-order valence-corrected chi connectivity index (χ3v) is 5.54. The molecule has 0 aliphatic heterocycles. The standard InChI is InChI=1S/C18H22BN3O3S/c1-13-2-5-15(6-3-13)26(23,24)25-11-10-22-17-7-4-14(19)12-16(17)21-18(22)8-9-20/h2-7,12H,8-11,19-20H2,1H3. The summed E-state index contributed by atoms with van der Waals surface area (Å²) in [5.41, 5.74) is 9.65. The molecule has 1 heterocycles. The highest BCUT2D eigenvalue weighted by Gasteiger charge is 2.16. The summed E-state index contributed by atoms with van der Waals surface area (Å²) in [6.45, 7) is 2.81. The van der Waals surface area contributed by atoms with Gasteiger partial charge in [0.25, 0.3) is 10.1 Å². The Morgan fingerprint density at radius 1 is 1.19 bits per heavy atom. The Balaban J connectivity index is 1.78. The Labute approximate surface area is 154 Å². The van der Waals surface area contributed by atoms with E-state index in [1.807, 2.05) is 37.5 Å². The zero-order chi connectivity index (χ0) is 18.7. The molecule has 0 atom stereocenters. The van der Waals surface area contributed by atoms with Gasteiger partial charge in [0.2, 0.25) is 0 Å². The lowest BCUT2D eigenvalue weighted by Crippen LogP contribution is -2.15. The zero-order valence-corrected chi connectivity index (χ0v) is 15.8. The molecule has 0 radical (unpaired) electrons. The summed E-state index contributed by atoms with van der Waals surface area (Å²) < 4.78 is 31.9. The maximum absolute atomic E-state index is 12.3. The zero-order valence-electron chi connectivity index (χ0n) is 15.0. The number of nitrogens with zero attached hydrogens (tertiary/aromatic N) is 2. The summed E-state index contributed by atoms with van der Waals surface area (Å²) in [6, 6.07) is 12.6. The third kappa shape index (κ3) is 3.98. The fourth-order valence-electron chi connectivity index (χ4n) is 2.87. The Kier molecular flexibility index (Phi) is 5.45. The van der Waals surface area contributed by atoms with Gasteiger partial charge in [0.1, 0.15) is 13.7 Å². The van der Waals surface area contributed by atoms with E-state index in [1.165, 1.54) is 0 Å². The fourth-order valence-corrected chi connectivity index (χ4v) is 3.77. The molecule has 3 rings (SSSR count). The largest absolute Gasteiger partial charge is 0.330 e. The van der Waals surface area contributed by atoms with Crippen LogP contribution in [0.4, 0.5) is 0 Å². The van der Waals surface area contributed by atoms with Crippen LogP contribution in [0.1, 0.15) is 11.4 Å². The van der Waals surface area contributed by atoms with Crippen LogP contribution >= 0.6 is 0 Å². The van der Waals surface area contributed by atoms with Gasteiger partial charge in [-0.25, -0.2) is 4.98 Å². The van der Waals surface area contributed by atoms with Crippen LogP contribution in [0.3, 0.4) is 0 Å². The van der Waals surface area contributed by atoms with E-state index in [1.54, 1.807) is 24.3 Å². The Bertz CT molecular complexity index is 1010. The molecule has 0 spiro atoms. The Hall–Kier alpha value is -2.16. The van der Waals surface area contributed by atoms with Crippen molar-refractivity contribution in [3.63, 3.8) is 0 Å². The van der Waals surface area contributed by atoms with Gasteiger partial charge >= 0.3 is 0 Å². The number of aromatic nitrogens is 2. The van der Waals surface area contributed by atoms with E-state index in [-0.39, 0.29) is 11.5 Å². The highest BCUT2D eigenvalue weighted by molar-refractivity contribution is 7.86. The molecule has 0 saturated heterocycles. The number of hydrogen-bond donors (Lipinski definition) is 1. The molecule has 0 aliphatic rings. The first-order chi connectivity index (χ1) is 12.4. The number of imidazole rings is 1. The number of benzene rings is 2. The first-order valence-corrected chi connectivity index (χ1v) is 9.93. The predicted molar refractivity (Wildman–Crippen MR) is 105 cm³/mol. The molecular weight excluding hydrogens is 349 g/mol. The van der Waals surface area contributed by atoms with Gasteiger partial charge in [0, 0.05) is 13.0 Å². The molecule has 2 N–H and O–H groups in total. The highest BCUT2D eigenvalue weighted by atomic mass is 32.2. The molecule has 6 nitrogen and oxygen atoms in total. The first-order valence-electron chi connectivity index (χ1n) is 8.52. The van der Waals surface area contributed by atoms with Crippen molar-refractivity contribution in [1.82, 2.24) is 9.55 Å². The van der Waals surface area contributed by atoms with Gasteiger partial charge in [-0.1, -0.05) is 29.2 Å². The molecule has 26 heavy (non-hydrogen) atoms. The minimum absolute atomic E-state index is 0.0348. The molecule has 8 heteroatoms. The van der Waals surface area contributed by atoms with Crippen LogP contribution in [-0.2, 0) is 27.3 Å². The molecule has 0 bridgehead atoms. The predicted octanol–water partition coefficient (Wildman–Crippen LogP) is 0.510. The molecule has 3 aromatic rings.